The molecule has 7 heteroatoms. The predicted octanol–water partition coefficient (Wildman–Crippen LogP) is 3.18. The van der Waals surface area contributed by atoms with Crippen LogP contribution < -0.4 is 10.6 Å². The van der Waals surface area contributed by atoms with Crippen LogP contribution in [0.15, 0.2) is 10.5 Å². The average Bonchev–Trinajstić information content (AvgIpc) is 2.74. The highest BCUT2D eigenvalue weighted by molar-refractivity contribution is 9.10. The summed E-state index contributed by atoms with van der Waals surface area (Å²) < 4.78 is 16.9. The van der Waals surface area contributed by atoms with Gasteiger partial charge in [-0.05, 0) is 42.8 Å². The summed E-state index contributed by atoms with van der Waals surface area (Å²) >= 11 is 3.40. The van der Waals surface area contributed by atoms with Gasteiger partial charge >= 0.3 is 0 Å². The topological polar surface area (TPSA) is 54.8 Å². The number of fused-ring (bicyclic) bond motifs is 3. The molecule has 1 aliphatic heterocycles. The molecule has 3 rings (SSSR count). The van der Waals surface area contributed by atoms with Gasteiger partial charge in [0.25, 0.3) is 0 Å². The van der Waals surface area contributed by atoms with Crippen LogP contribution in [0.1, 0.15) is 25.5 Å². The lowest BCUT2D eigenvalue weighted by atomic mass is 9.99. The van der Waals surface area contributed by atoms with Crippen LogP contribution in [0.25, 0.3) is 5.69 Å². The lowest BCUT2D eigenvalue weighted by molar-refractivity contribution is 0.522. The Morgan fingerprint density at radius 1 is 1.40 bits per heavy atom. The summed E-state index contributed by atoms with van der Waals surface area (Å²) in [6.07, 6.45) is 0. The van der Waals surface area contributed by atoms with E-state index >= 15 is 0 Å². The van der Waals surface area contributed by atoms with Crippen LogP contribution >= 0.6 is 15.9 Å². The largest absolute Gasteiger partial charge is 0.385 e. The molecule has 2 heterocycles. The van der Waals surface area contributed by atoms with Crippen molar-refractivity contribution >= 4 is 27.3 Å². The second kappa shape index (κ2) is 4.18. The Kier molecular flexibility index (Phi) is 2.79. The van der Waals surface area contributed by atoms with E-state index in [4.69, 9.17) is 0 Å². The Labute approximate surface area is 124 Å². The Bertz CT molecular complexity index is 707. The van der Waals surface area contributed by atoms with Gasteiger partial charge in [-0.25, -0.2) is 4.39 Å². The fourth-order valence-electron chi connectivity index (χ4n) is 2.59. The van der Waals surface area contributed by atoms with E-state index in [9.17, 15) is 4.39 Å². The summed E-state index contributed by atoms with van der Waals surface area (Å²) in [7, 11) is 1.80. The first-order valence-corrected chi connectivity index (χ1v) is 7.07. The second-order valence-corrected chi connectivity index (χ2v) is 6.20. The zero-order valence-electron chi connectivity index (χ0n) is 11.7. The van der Waals surface area contributed by atoms with Crippen molar-refractivity contribution in [1.82, 2.24) is 14.8 Å². The summed E-state index contributed by atoms with van der Waals surface area (Å²) in [5, 5.41) is 14.7. The van der Waals surface area contributed by atoms with E-state index in [0.29, 0.717) is 15.8 Å². The number of hydrogen-bond donors (Lipinski definition) is 2. The average molecular weight is 340 g/mol. The van der Waals surface area contributed by atoms with Crippen LogP contribution in [0.5, 0.6) is 0 Å². The van der Waals surface area contributed by atoms with E-state index in [0.717, 1.165) is 17.3 Å². The third kappa shape index (κ3) is 1.65. The Hall–Kier alpha value is -1.63. The fraction of sp³-hybridized carbons (Fsp3) is 0.385. The summed E-state index contributed by atoms with van der Waals surface area (Å²) in [4.78, 5) is 0. The number of nitrogens with zero attached hydrogens (tertiary/aromatic N) is 3. The summed E-state index contributed by atoms with van der Waals surface area (Å²) in [5.41, 5.74) is 1.47. The normalized spacial score (nSPS) is 15.3. The molecule has 0 fully saturated rings. The number of halogens is 2. The number of nitrogens with one attached hydrogen (secondary N) is 2. The standard InChI is InChI=1S/C13H15BrFN5/c1-6-18-19-12-13(2,3)17-10-8(15)5-7(14)9(16-4)11(10)20(6)12/h5,16-17H,1-4H3. The Morgan fingerprint density at radius 3 is 2.75 bits per heavy atom. The Morgan fingerprint density at radius 2 is 2.10 bits per heavy atom. The highest BCUT2D eigenvalue weighted by atomic mass is 79.9. The fourth-order valence-corrected chi connectivity index (χ4v) is 3.18. The molecule has 106 valence electrons. The molecule has 0 saturated carbocycles. The molecule has 0 amide bonds. The van der Waals surface area contributed by atoms with Gasteiger partial charge in [-0.3, -0.25) is 4.57 Å². The molecule has 5 nitrogen and oxygen atoms in total. The monoisotopic (exact) mass is 339 g/mol. The SMILES string of the molecule is CNc1c(Br)cc(F)c2c1-n1c(C)nnc1C(C)(C)N2. The van der Waals surface area contributed by atoms with Crippen molar-refractivity contribution in [1.29, 1.82) is 0 Å². The number of benzene rings is 1. The van der Waals surface area contributed by atoms with Gasteiger partial charge in [-0.1, -0.05) is 0 Å². The van der Waals surface area contributed by atoms with Gasteiger partial charge in [0.2, 0.25) is 0 Å². The minimum atomic E-state index is -0.492. The van der Waals surface area contributed by atoms with E-state index in [-0.39, 0.29) is 5.82 Å². The highest BCUT2D eigenvalue weighted by Crippen LogP contribution is 2.44. The van der Waals surface area contributed by atoms with Gasteiger partial charge in [0.1, 0.15) is 11.6 Å². The van der Waals surface area contributed by atoms with Crippen molar-refractivity contribution in [3.05, 3.63) is 28.0 Å². The summed E-state index contributed by atoms with van der Waals surface area (Å²) in [5.74, 6) is 1.18. The molecule has 1 aliphatic rings. The summed E-state index contributed by atoms with van der Waals surface area (Å²) in [6, 6.07) is 1.46. The van der Waals surface area contributed by atoms with Crippen molar-refractivity contribution in [3.63, 3.8) is 0 Å². The highest BCUT2D eigenvalue weighted by Gasteiger charge is 2.37. The van der Waals surface area contributed by atoms with Crippen molar-refractivity contribution in [2.24, 2.45) is 0 Å². The molecule has 0 atom stereocenters. The van der Waals surface area contributed by atoms with Crippen LogP contribution in [-0.2, 0) is 5.54 Å². The quantitative estimate of drug-likeness (QED) is 0.837. The first kappa shape index (κ1) is 13.4. The van der Waals surface area contributed by atoms with Crippen LogP contribution in [0, 0.1) is 12.7 Å². The maximum absolute atomic E-state index is 14.3. The smallest absolute Gasteiger partial charge is 0.162 e. The molecular weight excluding hydrogens is 325 g/mol. The molecular formula is C13H15BrFN5. The molecule has 0 spiro atoms. The maximum Gasteiger partial charge on any atom is 0.162 e. The molecule has 1 aromatic heterocycles. The van der Waals surface area contributed by atoms with Crippen molar-refractivity contribution in [2.45, 2.75) is 26.3 Å². The van der Waals surface area contributed by atoms with Gasteiger partial charge in [0, 0.05) is 11.5 Å². The van der Waals surface area contributed by atoms with Gasteiger partial charge < -0.3 is 10.6 Å². The van der Waals surface area contributed by atoms with Crippen molar-refractivity contribution in [3.8, 4) is 5.69 Å². The van der Waals surface area contributed by atoms with E-state index in [1.807, 2.05) is 25.3 Å². The third-order valence-electron chi connectivity index (χ3n) is 3.50. The van der Waals surface area contributed by atoms with Gasteiger partial charge in [-0.15, -0.1) is 10.2 Å². The first-order valence-electron chi connectivity index (χ1n) is 6.27. The number of rotatable bonds is 1. The zero-order chi connectivity index (χ0) is 14.7. The lowest BCUT2D eigenvalue weighted by Crippen LogP contribution is -2.36. The van der Waals surface area contributed by atoms with E-state index in [1.165, 1.54) is 6.07 Å². The van der Waals surface area contributed by atoms with Gasteiger partial charge in [0.05, 0.1) is 22.6 Å². The molecule has 1 aromatic carbocycles. The lowest BCUT2D eigenvalue weighted by Gasteiger charge is -2.35. The number of aryl methyl sites for hydroxylation is 1. The van der Waals surface area contributed by atoms with Gasteiger partial charge in [0.15, 0.2) is 5.82 Å². The number of hydrogen-bond acceptors (Lipinski definition) is 4. The van der Waals surface area contributed by atoms with Crippen LogP contribution in [-0.4, -0.2) is 21.8 Å². The molecule has 0 radical (unpaired) electrons. The van der Waals surface area contributed by atoms with E-state index in [2.05, 4.69) is 36.8 Å². The molecule has 0 saturated heterocycles. The van der Waals surface area contributed by atoms with Crippen molar-refractivity contribution in [2.75, 3.05) is 17.7 Å². The molecule has 0 unspecified atom stereocenters. The Balaban J connectivity index is 2.44. The van der Waals surface area contributed by atoms with Gasteiger partial charge in [-0.2, -0.15) is 0 Å². The first-order chi connectivity index (χ1) is 9.36. The van der Waals surface area contributed by atoms with Crippen LogP contribution in [0.3, 0.4) is 0 Å². The van der Waals surface area contributed by atoms with E-state index < -0.39 is 5.54 Å². The van der Waals surface area contributed by atoms with Crippen molar-refractivity contribution < 1.29 is 4.39 Å². The second-order valence-electron chi connectivity index (χ2n) is 5.35. The zero-order valence-corrected chi connectivity index (χ0v) is 13.3. The van der Waals surface area contributed by atoms with Crippen LogP contribution in [0.2, 0.25) is 0 Å². The number of anilines is 2. The maximum atomic E-state index is 14.3. The number of aromatic nitrogens is 3. The molecule has 2 aromatic rings. The van der Waals surface area contributed by atoms with E-state index in [1.54, 1.807) is 7.05 Å². The third-order valence-corrected chi connectivity index (χ3v) is 4.13. The minimum absolute atomic E-state index is 0.308. The predicted molar refractivity (Wildman–Crippen MR) is 79.9 cm³/mol. The summed E-state index contributed by atoms with van der Waals surface area (Å²) in [6.45, 7) is 5.77. The molecule has 0 bridgehead atoms. The molecule has 20 heavy (non-hydrogen) atoms. The minimum Gasteiger partial charge on any atom is -0.385 e. The molecule has 0 aliphatic carbocycles. The van der Waals surface area contributed by atoms with Crippen LogP contribution in [0.4, 0.5) is 15.8 Å². The molecule has 2 N–H and O–H groups in total.